The van der Waals surface area contributed by atoms with Crippen LogP contribution in [0.5, 0.6) is 0 Å². The molecule has 1 aromatic heterocycles. The number of carbonyl (C=O) groups is 1. The van der Waals surface area contributed by atoms with Crippen molar-refractivity contribution in [3.05, 3.63) is 46.8 Å². The molecule has 5 nitrogen and oxygen atoms in total. The highest BCUT2D eigenvalue weighted by molar-refractivity contribution is 5.74. The number of aromatic nitrogens is 2. The fraction of sp³-hybridized carbons (Fsp3) is 0.474. The Bertz CT molecular complexity index is 798. The monoisotopic (exact) mass is 365 g/mol. The van der Waals surface area contributed by atoms with Crippen LogP contribution in [-0.4, -0.2) is 27.4 Å². The Kier molecular flexibility index (Phi) is 6.13. The smallest absolute Gasteiger partial charge is 0.310 e. The molecule has 0 spiro atoms. The number of hydrogen-bond acceptors (Lipinski definition) is 3. The van der Waals surface area contributed by atoms with Crippen LogP contribution in [0.2, 0.25) is 0 Å². The van der Waals surface area contributed by atoms with Crippen molar-refractivity contribution in [3.8, 4) is 5.69 Å². The number of benzene rings is 1. The molecule has 0 amide bonds. The molecule has 0 atom stereocenters. The van der Waals surface area contributed by atoms with Gasteiger partial charge in [0.2, 0.25) is 0 Å². The van der Waals surface area contributed by atoms with E-state index in [9.17, 15) is 18.7 Å². The Morgan fingerprint density at radius 3 is 2.46 bits per heavy atom. The molecule has 2 rings (SSSR count). The van der Waals surface area contributed by atoms with Crippen molar-refractivity contribution < 1.29 is 18.7 Å². The number of nitrogens with one attached hydrogen (secondary N) is 1. The Morgan fingerprint density at radius 2 is 1.92 bits per heavy atom. The minimum absolute atomic E-state index is 0.181. The van der Waals surface area contributed by atoms with Gasteiger partial charge in [0.1, 0.15) is 11.5 Å². The molecule has 7 heteroatoms. The summed E-state index contributed by atoms with van der Waals surface area (Å²) in [7, 11) is 0. The average molecular weight is 365 g/mol. The molecule has 0 aliphatic heterocycles. The highest BCUT2D eigenvalue weighted by Gasteiger charge is 2.34. The molecule has 0 saturated carbocycles. The lowest BCUT2D eigenvalue weighted by Crippen LogP contribution is -2.40. The second-order valence-corrected chi connectivity index (χ2v) is 6.55. The maximum Gasteiger partial charge on any atom is 0.310 e. The summed E-state index contributed by atoms with van der Waals surface area (Å²) in [4.78, 5) is 11.6. The summed E-state index contributed by atoms with van der Waals surface area (Å²) >= 11 is 0. The first kappa shape index (κ1) is 20.0. The van der Waals surface area contributed by atoms with Gasteiger partial charge in [-0.3, -0.25) is 4.79 Å². The van der Waals surface area contributed by atoms with Crippen molar-refractivity contribution >= 4 is 5.97 Å². The Morgan fingerprint density at radius 1 is 1.27 bits per heavy atom. The van der Waals surface area contributed by atoms with Crippen molar-refractivity contribution in [2.75, 3.05) is 6.54 Å². The van der Waals surface area contributed by atoms with Crippen LogP contribution >= 0.6 is 0 Å². The highest BCUT2D eigenvalue weighted by Crippen LogP contribution is 2.26. The molecule has 0 saturated heterocycles. The molecule has 2 aromatic rings. The van der Waals surface area contributed by atoms with Gasteiger partial charge in [-0.1, -0.05) is 13.8 Å². The number of aliphatic carboxylic acids is 1. The zero-order chi connectivity index (χ0) is 19.5. The first-order valence-corrected chi connectivity index (χ1v) is 8.70. The molecular formula is C19H25F2N3O2. The quantitative estimate of drug-likeness (QED) is 0.748. The van der Waals surface area contributed by atoms with Crippen molar-refractivity contribution in [3.63, 3.8) is 0 Å². The highest BCUT2D eigenvalue weighted by atomic mass is 19.1. The van der Waals surface area contributed by atoms with Crippen LogP contribution in [-0.2, 0) is 11.3 Å². The lowest BCUT2D eigenvalue weighted by atomic mass is 9.82. The molecule has 0 fully saturated rings. The van der Waals surface area contributed by atoms with Crippen LogP contribution in [0.4, 0.5) is 8.78 Å². The molecule has 1 heterocycles. The van der Waals surface area contributed by atoms with Gasteiger partial charge in [0.05, 0.1) is 11.1 Å². The Labute approximate surface area is 152 Å². The number of rotatable bonds is 8. The average Bonchev–Trinajstić information content (AvgIpc) is 2.86. The van der Waals surface area contributed by atoms with Crippen LogP contribution in [0.3, 0.4) is 0 Å². The minimum atomic E-state index is -0.812. The van der Waals surface area contributed by atoms with E-state index >= 15 is 0 Å². The van der Waals surface area contributed by atoms with Crippen molar-refractivity contribution in [2.45, 2.75) is 47.1 Å². The number of halogens is 2. The Balaban J connectivity index is 2.22. The first-order valence-electron chi connectivity index (χ1n) is 8.70. The van der Waals surface area contributed by atoms with E-state index in [0.29, 0.717) is 31.6 Å². The van der Waals surface area contributed by atoms with Crippen molar-refractivity contribution in [1.82, 2.24) is 15.1 Å². The second kappa shape index (κ2) is 7.95. The largest absolute Gasteiger partial charge is 0.481 e. The standard InChI is InChI=1S/C19H25F2N3O2/c1-5-19(6-2,18(25)26)11-22-10-15-12(3)23-24(13(15)4)17-8-7-14(20)9-16(17)21/h7-9,22H,5-6,10-11H2,1-4H3,(H,25,26). The van der Waals surface area contributed by atoms with Crippen LogP contribution in [0.25, 0.3) is 5.69 Å². The SMILES string of the molecule is CCC(CC)(CNCc1c(C)nn(-c2ccc(F)cc2F)c1C)C(=O)O. The van der Waals surface area contributed by atoms with Gasteiger partial charge < -0.3 is 10.4 Å². The lowest BCUT2D eigenvalue weighted by molar-refractivity contribution is -0.149. The van der Waals surface area contributed by atoms with E-state index in [4.69, 9.17) is 0 Å². The normalized spacial score (nSPS) is 11.8. The molecule has 26 heavy (non-hydrogen) atoms. The van der Waals surface area contributed by atoms with E-state index < -0.39 is 23.0 Å². The molecule has 0 aliphatic rings. The summed E-state index contributed by atoms with van der Waals surface area (Å²) in [6.45, 7) is 8.12. The maximum atomic E-state index is 14.1. The fourth-order valence-electron chi connectivity index (χ4n) is 3.12. The van der Waals surface area contributed by atoms with Crippen LogP contribution in [0, 0.1) is 30.9 Å². The number of nitrogens with zero attached hydrogens (tertiary/aromatic N) is 2. The van der Waals surface area contributed by atoms with Gasteiger partial charge in [-0.05, 0) is 38.8 Å². The fourth-order valence-corrected chi connectivity index (χ4v) is 3.12. The van der Waals surface area contributed by atoms with Gasteiger partial charge in [0.15, 0.2) is 5.82 Å². The van der Waals surface area contributed by atoms with Crippen molar-refractivity contribution in [2.24, 2.45) is 5.41 Å². The molecule has 0 unspecified atom stereocenters. The van der Waals surface area contributed by atoms with E-state index in [2.05, 4.69) is 10.4 Å². The second-order valence-electron chi connectivity index (χ2n) is 6.55. The van der Waals surface area contributed by atoms with Gasteiger partial charge in [-0.15, -0.1) is 0 Å². The molecule has 0 radical (unpaired) electrons. The van der Waals surface area contributed by atoms with E-state index in [1.807, 2.05) is 27.7 Å². The molecule has 2 N–H and O–H groups in total. The third-order valence-corrected chi connectivity index (χ3v) is 5.15. The minimum Gasteiger partial charge on any atom is -0.481 e. The number of aryl methyl sites for hydroxylation is 1. The van der Waals surface area contributed by atoms with E-state index in [1.54, 1.807) is 0 Å². The third-order valence-electron chi connectivity index (χ3n) is 5.15. The number of hydrogen-bond donors (Lipinski definition) is 2. The summed E-state index contributed by atoms with van der Waals surface area (Å²) in [5.74, 6) is -2.14. The lowest BCUT2D eigenvalue weighted by Gasteiger charge is -2.27. The van der Waals surface area contributed by atoms with Gasteiger partial charge in [-0.25, -0.2) is 13.5 Å². The van der Waals surface area contributed by atoms with Crippen molar-refractivity contribution in [1.29, 1.82) is 0 Å². The van der Waals surface area contributed by atoms with Gasteiger partial charge in [-0.2, -0.15) is 5.10 Å². The summed E-state index contributed by atoms with van der Waals surface area (Å²) in [6.07, 6.45) is 1.06. The van der Waals surface area contributed by atoms with Gasteiger partial charge in [0, 0.05) is 30.4 Å². The zero-order valence-corrected chi connectivity index (χ0v) is 15.6. The van der Waals surface area contributed by atoms with Gasteiger partial charge in [0.25, 0.3) is 0 Å². The maximum absolute atomic E-state index is 14.1. The predicted molar refractivity (Wildman–Crippen MR) is 95.3 cm³/mol. The van der Waals surface area contributed by atoms with Crippen LogP contribution in [0.1, 0.15) is 43.6 Å². The van der Waals surface area contributed by atoms with Gasteiger partial charge >= 0.3 is 5.97 Å². The number of carboxylic acid groups (broad SMARTS) is 1. The summed E-state index contributed by atoms with van der Waals surface area (Å²) in [5.41, 5.74) is 1.70. The zero-order valence-electron chi connectivity index (χ0n) is 15.6. The van der Waals surface area contributed by atoms with Crippen LogP contribution < -0.4 is 5.32 Å². The molecule has 0 aliphatic carbocycles. The topological polar surface area (TPSA) is 67.2 Å². The van der Waals surface area contributed by atoms with Crippen LogP contribution in [0.15, 0.2) is 18.2 Å². The van der Waals surface area contributed by atoms with E-state index in [0.717, 1.165) is 17.3 Å². The van der Waals surface area contributed by atoms with E-state index in [1.165, 1.54) is 16.8 Å². The summed E-state index contributed by atoms with van der Waals surface area (Å²) in [6, 6.07) is 3.37. The predicted octanol–water partition coefficient (Wildman–Crippen LogP) is 3.75. The third kappa shape index (κ3) is 3.77. The Hall–Kier alpha value is -2.28. The molecule has 0 bridgehead atoms. The van der Waals surface area contributed by atoms with E-state index in [-0.39, 0.29) is 5.69 Å². The molecular weight excluding hydrogens is 340 g/mol. The molecule has 1 aromatic carbocycles. The molecule has 142 valence electrons. The summed E-state index contributed by atoms with van der Waals surface area (Å²) in [5, 5.41) is 17.1. The summed E-state index contributed by atoms with van der Waals surface area (Å²) < 4.78 is 28.6. The number of carboxylic acids is 1. The first-order chi connectivity index (χ1) is 12.3.